The van der Waals surface area contributed by atoms with Crippen LogP contribution in [0.5, 0.6) is 0 Å². The Morgan fingerprint density at radius 2 is 0.722 bits per heavy atom. The molecule has 5 aromatic rings. The van der Waals surface area contributed by atoms with Gasteiger partial charge in [-0.2, -0.15) is 0 Å². The predicted molar refractivity (Wildman–Crippen MR) is 153 cm³/mol. The third-order valence-corrected chi connectivity index (χ3v) is 6.49. The molecule has 0 radical (unpaired) electrons. The second-order valence-corrected chi connectivity index (χ2v) is 9.35. The number of aryl methyl sites for hydroxylation is 2. The maximum atomic E-state index is 2.44. The first-order valence-electron chi connectivity index (χ1n) is 12.5. The van der Waals surface area contributed by atoms with E-state index >= 15 is 0 Å². The molecular formula is C34H32N2. The minimum atomic E-state index is 0.856. The maximum Gasteiger partial charge on any atom is 0.0463 e. The zero-order chi connectivity index (χ0) is 24.7. The molecule has 0 aromatic heterocycles. The molecule has 36 heavy (non-hydrogen) atoms. The molecule has 178 valence electrons. The van der Waals surface area contributed by atoms with Crippen LogP contribution < -0.4 is 9.80 Å². The van der Waals surface area contributed by atoms with Crippen LogP contribution in [-0.2, 0) is 13.1 Å². The first kappa shape index (κ1) is 23.4. The number of hydrogen-bond donors (Lipinski definition) is 0. The normalized spacial score (nSPS) is 10.7. The molecule has 0 fully saturated rings. The molecule has 0 atom stereocenters. The third kappa shape index (κ3) is 5.67. The summed E-state index contributed by atoms with van der Waals surface area (Å²) in [6, 6.07) is 47.8. The van der Waals surface area contributed by atoms with Crippen molar-refractivity contribution in [3.05, 3.63) is 156 Å². The van der Waals surface area contributed by atoms with Crippen LogP contribution in [0.1, 0.15) is 22.3 Å². The van der Waals surface area contributed by atoms with Gasteiger partial charge in [0.05, 0.1) is 0 Å². The number of benzene rings is 5. The zero-order valence-electron chi connectivity index (χ0n) is 21.0. The number of anilines is 4. The highest BCUT2D eigenvalue weighted by Crippen LogP contribution is 2.36. The molecule has 0 aliphatic rings. The molecule has 0 spiro atoms. The minimum Gasteiger partial charge on any atom is -0.363 e. The monoisotopic (exact) mass is 468 g/mol. The van der Waals surface area contributed by atoms with Gasteiger partial charge in [-0.1, -0.05) is 96.1 Å². The van der Waals surface area contributed by atoms with Crippen LogP contribution in [0.3, 0.4) is 0 Å². The van der Waals surface area contributed by atoms with E-state index in [0.717, 1.165) is 30.2 Å². The first-order valence-corrected chi connectivity index (χ1v) is 12.5. The maximum absolute atomic E-state index is 2.44. The molecular weight excluding hydrogens is 436 g/mol. The molecule has 5 aromatic carbocycles. The summed E-state index contributed by atoms with van der Waals surface area (Å²) in [5, 5.41) is 0. The van der Waals surface area contributed by atoms with E-state index in [-0.39, 0.29) is 0 Å². The fraction of sp³-hybridized carbons (Fsp3) is 0.118. The van der Waals surface area contributed by atoms with E-state index in [1.54, 1.807) is 0 Å². The van der Waals surface area contributed by atoms with Gasteiger partial charge in [0.2, 0.25) is 0 Å². The Morgan fingerprint density at radius 1 is 0.389 bits per heavy atom. The van der Waals surface area contributed by atoms with Crippen molar-refractivity contribution >= 4 is 22.7 Å². The van der Waals surface area contributed by atoms with Gasteiger partial charge in [-0.25, -0.2) is 0 Å². The summed E-state index contributed by atoms with van der Waals surface area (Å²) in [7, 11) is 0. The van der Waals surface area contributed by atoms with Crippen molar-refractivity contribution in [3.8, 4) is 0 Å². The molecule has 0 amide bonds. The lowest BCUT2D eigenvalue weighted by molar-refractivity contribution is 0.800. The van der Waals surface area contributed by atoms with Crippen molar-refractivity contribution in [1.82, 2.24) is 0 Å². The molecule has 0 saturated heterocycles. The second kappa shape index (κ2) is 11.0. The first-order chi connectivity index (χ1) is 17.7. The van der Waals surface area contributed by atoms with Crippen molar-refractivity contribution in [3.63, 3.8) is 0 Å². The smallest absolute Gasteiger partial charge is 0.0463 e. The Morgan fingerprint density at radius 3 is 1.11 bits per heavy atom. The van der Waals surface area contributed by atoms with Crippen molar-refractivity contribution in [2.24, 2.45) is 0 Å². The molecule has 0 bridgehead atoms. The summed E-state index contributed by atoms with van der Waals surface area (Å²) < 4.78 is 0. The topological polar surface area (TPSA) is 6.48 Å². The standard InChI is InChI=1S/C34H32N2/c1-27-13-17-32(18-14-27)36(33-19-15-28(2)16-20-33)34-23-21-31(22-24-34)35(25-29-9-5-3-6-10-29)26-30-11-7-4-8-12-30/h3-24H,25-26H2,1-2H3. The van der Waals surface area contributed by atoms with Gasteiger partial charge in [0, 0.05) is 35.8 Å². The second-order valence-electron chi connectivity index (χ2n) is 9.35. The van der Waals surface area contributed by atoms with Gasteiger partial charge in [-0.05, 0) is 73.5 Å². The molecule has 0 saturated carbocycles. The van der Waals surface area contributed by atoms with Crippen molar-refractivity contribution < 1.29 is 0 Å². The van der Waals surface area contributed by atoms with Crippen LogP contribution in [0.25, 0.3) is 0 Å². The Bertz CT molecular complexity index is 1270. The molecule has 0 heterocycles. The fourth-order valence-corrected chi connectivity index (χ4v) is 4.49. The SMILES string of the molecule is Cc1ccc(N(c2ccc(C)cc2)c2ccc(N(Cc3ccccc3)Cc3ccccc3)cc2)cc1. The van der Waals surface area contributed by atoms with E-state index in [9.17, 15) is 0 Å². The average Bonchev–Trinajstić information content (AvgIpc) is 2.92. The van der Waals surface area contributed by atoms with Gasteiger partial charge in [-0.3, -0.25) is 0 Å². The van der Waals surface area contributed by atoms with Gasteiger partial charge < -0.3 is 9.80 Å². The van der Waals surface area contributed by atoms with E-state index in [4.69, 9.17) is 0 Å². The molecule has 0 aliphatic carbocycles. The van der Waals surface area contributed by atoms with Gasteiger partial charge in [-0.15, -0.1) is 0 Å². The van der Waals surface area contributed by atoms with Crippen molar-refractivity contribution in [2.75, 3.05) is 9.80 Å². The quantitative estimate of drug-likeness (QED) is 0.224. The fourth-order valence-electron chi connectivity index (χ4n) is 4.49. The van der Waals surface area contributed by atoms with Crippen LogP contribution in [0.15, 0.2) is 133 Å². The summed E-state index contributed by atoms with van der Waals surface area (Å²) >= 11 is 0. The molecule has 0 N–H and O–H groups in total. The largest absolute Gasteiger partial charge is 0.363 e. The Kier molecular flexibility index (Phi) is 7.14. The molecule has 0 unspecified atom stereocenters. The highest BCUT2D eigenvalue weighted by molar-refractivity contribution is 5.77. The van der Waals surface area contributed by atoms with E-state index in [0.29, 0.717) is 0 Å². The van der Waals surface area contributed by atoms with Crippen LogP contribution in [0, 0.1) is 13.8 Å². The summed E-state index contributed by atoms with van der Waals surface area (Å²) in [6.07, 6.45) is 0. The lowest BCUT2D eigenvalue weighted by atomic mass is 10.1. The van der Waals surface area contributed by atoms with Gasteiger partial charge >= 0.3 is 0 Å². The number of rotatable bonds is 8. The van der Waals surface area contributed by atoms with Gasteiger partial charge in [0.25, 0.3) is 0 Å². The summed E-state index contributed by atoms with van der Waals surface area (Å²) in [5.74, 6) is 0. The lowest BCUT2D eigenvalue weighted by Gasteiger charge is -2.28. The van der Waals surface area contributed by atoms with Gasteiger partial charge in [0.1, 0.15) is 0 Å². The Labute approximate surface area is 215 Å². The van der Waals surface area contributed by atoms with Crippen LogP contribution in [-0.4, -0.2) is 0 Å². The minimum absolute atomic E-state index is 0.856. The lowest BCUT2D eigenvalue weighted by Crippen LogP contribution is -2.22. The summed E-state index contributed by atoms with van der Waals surface area (Å²) in [4.78, 5) is 4.76. The van der Waals surface area contributed by atoms with Crippen LogP contribution in [0.2, 0.25) is 0 Å². The molecule has 2 heteroatoms. The highest BCUT2D eigenvalue weighted by Gasteiger charge is 2.14. The Hall–Kier alpha value is -4.30. The van der Waals surface area contributed by atoms with E-state index in [1.807, 2.05) is 0 Å². The van der Waals surface area contributed by atoms with E-state index < -0.39 is 0 Å². The van der Waals surface area contributed by atoms with Gasteiger partial charge in [0.15, 0.2) is 0 Å². The Balaban J connectivity index is 1.49. The summed E-state index contributed by atoms with van der Waals surface area (Å²) in [6.45, 7) is 5.97. The molecule has 5 rings (SSSR count). The number of nitrogens with zero attached hydrogens (tertiary/aromatic N) is 2. The summed E-state index contributed by atoms with van der Waals surface area (Å²) in [5.41, 5.74) is 9.79. The van der Waals surface area contributed by atoms with Crippen molar-refractivity contribution in [2.45, 2.75) is 26.9 Å². The third-order valence-electron chi connectivity index (χ3n) is 6.49. The van der Waals surface area contributed by atoms with Crippen LogP contribution in [0.4, 0.5) is 22.7 Å². The average molecular weight is 469 g/mol. The molecule has 0 aliphatic heterocycles. The van der Waals surface area contributed by atoms with Crippen LogP contribution >= 0.6 is 0 Å². The predicted octanol–water partition coefficient (Wildman–Crippen LogP) is 8.98. The molecule has 2 nitrogen and oxygen atoms in total. The highest BCUT2D eigenvalue weighted by atomic mass is 15.1. The zero-order valence-corrected chi connectivity index (χ0v) is 21.0. The van der Waals surface area contributed by atoms with Crippen molar-refractivity contribution in [1.29, 1.82) is 0 Å². The van der Waals surface area contributed by atoms with E-state index in [1.165, 1.54) is 27.9 Å². The van der Waals surface area contributed by atoms with E-state index in [2.05, 4.69) is 157 Å². The number of hydrogen-bond acceptors (Lipinski definition) is 2.